The summed E-state index contributed by atoms with van der Waals surface area (Å²) in [6.45, 7) is 5.66. The van der Waals surface area contributed by atoms with Gasteiger partial charge >= 0.3 is 12.0 Å². The van der Waals surface area contributed by atoms with Crippen molar-refractivity contribution in [3.05, 3.63) is 60.2 Å². The van der Waals surface area contributed by atoms with Gasteiger partial charge in [-0.25, -0.2) is 15.0 Å². The first kappa shape index (κ1) is 23.3. The number of amides is 2. The van der Waals surface area contributed by atoms with Gasteiger partial charge in [0.25, 0.3) is 0 Å². The van der Waals surface area contributed by atoms with Crippen LogP contribution in [0.2, 0.25) is 0 Å². The number of hydrogen-bond acceptors (Lipinski definition) is 6. The largest absolute Gasteiger partial charge is 0.494 e. The highest BCUT2D eigenvalue weighted by Gasteiger charge is 2.13. The van der Waals surface area contributed by atoms with E-state index in [0.29, 0.717) is 47.1 Å². The van der Waals surface area contributed by atoms with Gasteiger partial charge in [0.1, 0.15) is 5.75 Å². The molecule has 9 nitrogen and oxygen atoms in total. The predicted molar refractivity (Wildman–Crippen MR) is 117 cm³/mol. The lowest BCUT2D eigenvalue weighted by atomic mass is 10.1. The Bertz CT molecular complexity index is 941. The molecule has 2 amide bonds. The molecule has 31 heavy (non-hydrogen) atoms. The van der Waals surface area contributed by atoms with Crippen molar-refractivity contribution >= 4 is 23.9 Å². The second-order valence-corrected chi connectivity index (χ2v) is 6.17. The van der Waals surface area contributed by atoms with Crippen molar-refractivity contribution in [3.8, 4) is 17.2 Å². The molecule has 164 valence electrons. The smallest absolute Gasteiger partial charge is 0.341 e. The fraction of sp³-hybridized carbons (Fsp3) is 0.227. The van der Waals surface area contributed by atoms with Crippen molar-refractivity contribution < 1.29 is 28.9 Å². The lowest BCUT2D eigenvalue weighted by Crippen LogP contribution is -2.24. The second-order valence-electron chi connectivity index (χ2n) is 6.17. The number of anilines is 1. The number of hydrogen-bond donors (Lipinski definition) is 3. The normalized spacial score (nSPS) is 10.4. The minimum Gasteiger partial charge on any atom is -0.494 e. The molecule has 0 atom stereocenters. The van der Waals surface area contributed by atoms with Crippen LogP contribution in [0, 0.1) is 0 Å². The van der Waals surface area contributed by atoms with Gasteiger partial charge in [0.05, 0.1) is 19.9 Å². The van der Waals surface area contributed by atoms with E-state index >= 15 is 0 Å². The topological polar surface area (TPSA) is 118 Å². The fourth-order valence-corrected chi connectivity index (χ4v) is 2.64. The molecule has 0 heterocycles. The Labute approximate surface area is 180 Å². The number of ether oxygens (including phenoxy) is 3. The third-order valence-corrected chi connectivity index (χ3v) is 3.88. The summed E-state index contributed by atoms with van der Waals surface area (Å²) in [6.07, 6.45) is 3.53. The fourth-order valence-electron chi connectivity index (χ4n) is 2.64. The van der Waals surface area contributed by atoms with Gasteiger partial charge in [0, 0.05) is 11.3 Å². The maximum Gasteiger partial charge on any atom is 0.341 e. The highest BCUT2D eigenvalue weighted by Crippen LogP contribution is 2.33. The molecule has 2 aromatic carbocycles. The van der Waals surface area contributed by atoms with Crippen LogP contribution in [0.4, 0.5) is 10.5 Å². The van der Waals surface area contributed by atoms with Crippen LogP contribution in [0.3, 0.4) is 0 Å². The minimum atomic E-state index is -1.10. The number of allylic oxidation sites excluding steroid dienone is 1. The van der Waals surface area contributed by atoms with E-state index in [1.807, 2.05) is 6.92 Å². The number of carbonyl (C=O) groups is 2. The van der Waals surface area contributed by atoms with E-state index in [4.69, 9.17) is 19.3 Å². The lowest BCUT2D eigenvalue weighted by Gasteiger charge is -2.14. The Morgan fingerprint density at radius 2 is 1.94 bits per heavy atom. The molecular weight excluding hydrogens is 402 g/mol. The van der Waals surface area contributed by atoms with Crippen LogP contribution in [0.1, 0.15) is 18.1 Å². The molecule has 2 rings (SSSR count). The molecule has 0 unspecified atom stereocenters. The van der Waals surface area contributed by atoms with Crippen molar-refractivity contribution in [2.24, 2.45) is 5.10 Å². The average molecular weight is 427 g/mol. The third kappa shape index (κ3) is 7.39. The van der Waals surface area contributed by atoms with E-state index in [1.165, 1.54) is 13.3 Å². The number of nitrogens with zero attached hydrogens (tertiary/aromatic N) is 1. The van der Waals surface area contributed by atoms with Crippen molar-refractivity contribution in [1.82, 2.24) is 5.43 Å². The number of aliphatic carboxylic acids is 1. The average Bonchev–Trinajstić information content (AvgIpc) is 2.74. The van der Waals surface area contributed by atoms with Crippen LogP contribution in [-0.4, -0.2) is 43.6 Å². The molecule has 2 aromatic rings. The van der Waals surface area contributed by atoms with E-state index < -0.39 is 18.6 Å². The second kappa shape index (κ2) is 11.9. The summed E-state index contributed by atoms with van der Waals surface area (Å²) in [7, 11) is 1.45. The van der Waals surface area contributed by atoms with Gasteiger partial charge in [-0.05, 0) is 55.3 Å². The number of rotatable bonds is 11. The molecule has 0 aromatic heterocycles. The monoisotopic (exact) mass is 427 g/mol. The summed E-state index contributed by atoms with van der Waals surface area (Å²) in [5, 5.41) is 15.5. The lowest BCUT2D eigenvalue weighted by molar-refractivity contribution is -0.139. The van der Waals surface area contributed by atoms with E-state index in [2.05, 4.69) is 22.4 Å². The Kier molecular flexibility index (Phi) is 8.90. The molecular formula is C22H25N3O6. The van der Waals surface area contributed by atoms with Gasteiger partial charge in [-0.1, -0.05) is 6.08 Å². The zero-order chi connectivity index (χ0) is 22.6. The van der Waals surface area contributed by atoms with Crippen LogP contribution in [0.5, 0.6) is 17.2 Å². The number of nitrogens with one attached hydrogen (secondary N) is 2. The van der Waals surface area contributed by atoms with Gasteiger partial charge in [-0.15, -0.1) is 6.58 Å². The molecule has 0 spiro atoms. The van der Waals surface area contributed by atoms with Gasteiger partial charge in [0.15, 0.2) is 18.1 Å². The van der Waals surface area contributed by atoms with E-state index in [-0.39, 0.29) is 0 Å². The minimum absolute atomic E-state index is 0.322. The van der Waals surface area contributed by atoms with Crippen LogP contribution in [0.25, 0.3) is 0 Å². The summed E-state index contributed by atoms with van der Waals surface area (Å²) in [5.74, 6) is 0.288. The highest BCUT2D eigenvalue weighted by atomic mass is 16.5. The van der Waals surface area contributed by atoms with Gasteiger partial charge in [-0.3, -0.25) is 0 Å². The third-order valence-electron chi connectivity index (χ3n) is 3.88. The maximum atomic E-state index is 12.0. The molecule has 0 fully saturated rings. The van der Waals surface area contributed by atoms with Gasteiger partial charge in [-0.2, -0.15) is 5.10 Å². The number of urea groups is 1. The molecule has 0 aliphatic carbocycles. The molecule has 0 bridgehead atoms. The number of methoxy groups -OCH3 is 1. The van der Waals surface area contributed by atoms with Crippen LogP contribution < -0.4 is 25.0 Å². The number of carboxylic acid groups (broad SMARTS) is 1. The SMILES string of the molecule is C=CCc1cc(/C=N/NC(=O)Nc2ccc(OCC)cc2)cc(OC)c1OCC(=O)O. The van der Waals surface area contributed by atoms with Crippen LogP contribution >= 0.6 is 0 Å². The maximum absolute atomic E-state index is 12.0. The first-order valence-corrected chi connectivity index (χ1v) is 9.46. The molecule has 0 radical (unpaired) electrons. The zero-order valence-electron chi connectivity index (χ0n) is 17.4. The number of hydrazone groups is 1. The quantitative estimate of drug-likeness (QED) is 0.287. The van der Waals surface area contributed by atoms with E-state index in [0.717, 1.165) is 0 Å². The molecule has 0 aliphatic heterocycles. The van der Waals surface area contributed by atoms with E-state index in [9.17, 15) is 9.59 Å². The van der Waals surface area contributed by atoms with Crippen molar-refractivity contribution in [2.75, 3.05) is 25.6 Å². The molecule has 9 heteroatoms. The van der Waals surface area contributed by atoms with E-state index in [1.54, 1.807) is 42.5 Å². The Hall–Kier alpha value is -4.01. The highest BCUT2D eigenvalue weighted by molar-refractivity contribution is 5.90. The van der Waals surface area contributed by atoms with Crippen LogP contribution in [-0.2, 0) is 11.2 Å². The first-order valence-electron chi connectivity index (χ1n) is 9.46. The van der Waals surface area contributed by atoms with Gasteiger partial charge in [0.2, 0.25) is 0 Å². The summed E-state index contributed by atoms with van der Waals surface area (Å²) in [4.78, 5) is 22.9. The Morgan fingerprint density at radius 3 is 2.55 bits per heavy atom. The summed E-state index contributed by atoms with van der Waals surface area (Å²) in [5.41, 5.74) is 4.27. The van der Waals surface area contributed by atoms with Crippen molar-refractivity contribution in [3.63, 3.8) is 0 Å². The Morgan fingerprint density at radius 1 is 1.19 bits per heavy atom. The molecule has 0 aliphatic rings. The standard InChI is InChI=1S/C22H25N3O6/c1-4-6-16-11-15(12-19(29-3)21(16)31-14-20(26)27)13-23-25-22(28)24-17-7-9-18(10-8-17)30-5-2/h4,7-13H,1,5-6,14H2,2-3H3,(H,26,27)(H2,24,25,28)/b23-13+. The first-order chi connectivity index (χ1) is 15.0. The molecule has 0 saturated heterocycles. The number of carbonyl (C=O) groups excluding carboxylic acids is 1. The number of benzene rings is 2. The molecule has 3 N–H and O–H groups in total. The zero-order valence-corrected chi connectivity index (χ0v) is 17.4. The summed E-state index contributed by atoms with van der Waals surface area (Å²) < 4.78 is 16.0. The summed E-state index contributed by atoms with van der Waals surface area (Å²) in [6, 6.07) is 9.80. The molecule has 0 saturated carbocycles. The van der Waals surface area contributed by atoms with Crippen LogP contribution in [0.15, 0.2) is 54.2 Å². The summed E-state index contributed by atoms with van der Waals surface area (Å²) >= 11 is 0. The Balaban J connectivity index is 2.06. The van der Waals surface area contributed by atoms with Crippen molar-refractivity contribution in [1.29, 1.82) is 0 Å². The number of carboxylic acids is 1. The van der Waals surface area contributed by atoms with Gasteiger partial charge < -0.3 is 24.6 Å². The van der Waals surface area contributed by atoms with Crippen molar-refractivity contribution in [2.45, 2.75) is 13.3 Å². The predicted octanol–water partition coefficient (Wildman–Crippen LogP) is 3.44.